The van der Waals surface area contributed by atoms with Crippen LogP contribution in [-0.2, 0) is 0 Å². The lowest BCUT2D eigenvalue weighted by molar-refractivity contribution is 0.107. The summed E-state index contributed by atoms with van der Waals surface area (Å²) in [5.74, 6) is 1.91. The van der Waals surface area contributed by atoms with Gasteiger partial charge in [-0.1, -0.05) is 19.4 Å². The molecule has 1 N–H and O–H groups in total. The van der Waals surface area contributed by atoms with Gasteiger partial charge in [0.1, 0.15) is 11.9 Å². The Bertz CT molecular complexity index is 415. The van der Waals surface area contributed by atoms with Crippen LogP contribution in [0, 0.1) is 12.8 Å². The summed E-state index contributed by atoms with van der Waals surface area (Å²) in [4.78, 5) is 0. The first-order valence-corrected chi connectivity index (χ1v) is 6.80. The second-order valence-electron chi connectivity index (χ2n) is 5.49. The number of hydrogen-bond acceptors (Lipinski definition) is 2. The first-order valence-electron chi connectivity index (χ1n) is 6.80. The molecular formula is C15H21NO. The molecule has 1 aliphatic heterocycles. The van der Waals surface area contributed by atoms with Crippen LogP contribution in [0.3, 0.4) is 0 Å². The highest BCUT2D eigenvalue weighted by atomic mass is 16.5. The molecule has 1 aromatic rings. The van der Waals surface area contributed by atoms with Crippen LogP contribution < -0.4 is 10.1 Å². The largest absolute Gasteiger partial charge is 0.486 e. The molecule has 2 heteroatoms. The normalized spacial score (nSPS) is 30.8. The van der Waals surface area contributed by atoms with Crippen LogP contribution in [0.4, 0.5) is 5.69 Å². The number of ether oxygens (including phenoxy) is 1. The molecule has 1 heterocycles. The Labute approximate surface area is 103 Å². The number of anilines is 1. The molecular weight excluding hydrogens is 210 g/mol. The number of fused-ring (bicyclic) bond motifs is 2. The van der Waals surface area contributed by atoms with E-state index in [0.717, 1.165) is 11.7 Å². The fourth-order valence-corrected chi connectivity index (χ4v) is 3.12. The van der Waals surface area contributed by atoms with Crippen molar-refractivity contribution in [2.45, 2.75) is 51.7 Å². The summed E-state index contributed by atoms with van der Waals surface area (Å²) in [5, 5.41) is 3.68. The van der Waals surface area contributed by atoms with Gasteiger partial charge in [0.2, 0.25) is 0 Å². The van der Waals surface area contributed by atoms with Gasteiger partial charge >= 0.3 is 0 Å². The quantitative estimate of drug-likeness (QED) is 0.795. The summed E-state index contributed by atoms with van der Waals surface area (Å²) in [5.41, 5.74) is 2.48. The highest BCUT2D eigenvalue weighted by molar-refractivity contribution is 5.60. The van der Waals surface area contributed by atoms with E-state index in [4.69, 9.17) is 4.74 Å². The van der Waals surface area contributed by atoms with E-state index in [0.29, 0.717) is 12.1 Å². The number of aryl methyl sites for hydroxylation is 1. The maximum atomic E-state index is 6.12. The zero-order valence-corrected chi connectivity index (χ0v) is 10.7. The molecule has 92 valence electrons. The van der Waals surface area contributed by atoms with Crippen LogP contribution in [0.15, 0.2) is 18.2 Å². The average molecular weight is 231 g/mol. The Morgan fingerprint density at radius 1 is 1.35 bits per heavy atom. The Morgan fingerprint density at radius 2 is 2.24 bits per heavy atom. The van der Waals surface area contributed by atoms with Gasteiger partial charge in [0.25, 0.3) is 0 Å². The van der Waals surface area contributed by atoms with Crippen LogP contribution in [0.25, 0.3) is 0 Å². The molecule has 1 fully saturated rings. The monoisotopic (exact) mass is 231 g/mol. The summed E-state index contributed by atoms with van der Waals surface area (Å²) >= 11 is 0. The van der Waals surface area contributed by atoms with Crippen LogP contribution in [0.2, 0.25) is 0 Å². The SMILES string of the molecule is CCC1CCC2Oc3ccc(C)cc3NC2C1. The highest BCUT2D eigenvalue weighted by Gasteiger charge is 2.34. The Morgan fingerprint density at radius 3 is 3.06 bits per heavy atom. The van der Waals surface area contributed by atoms with Crippen molar-refractivity contribution in [3.63, 3.8) is 0 Å². The van der Waals surface area contributed by atoms with E-state index < -0.39 is 0 Å². The van der Waals surface area contributed by atoms with Gasteiger partial charge in [0, 0.05) is 0 Å². The molecule has 2 nitrogen and oxygen atoms in total. The second kappa shape index (κ2) is 4.25. The molecule has 1 aliphatic carbocycles. The molecule has 1 saturated carbocycles. The number of rotatable bonds is 1. The highest BCUT2D eigenvalue weighted by Crippen LogP contribution is 2.38. The van der Waals surface area contributed by atoms with Crippen molar-refractivity contribution >= 4 is 5.69 Å². The van der Waals surface area contributed by atoms with E-state index in [1.54, 1.807) is 0 Å². The molecule has 3 atom stereocenters. The summed E-state index contributed by atoms with van der Waals surface area (Å²) in [7, 11) is 0. The molecule has 0 aromatic heterocycles. The summed E-state index contributed by atoms with van der Waals surface area (Å²) in [6, 6.07) is 6.93. The zero-order valence-electron chi connectivity index (χ0n) is 10.7. The third-order valence-electron chi connectivity index (χ3n) is 4.23. The molecule has 0 amide bonds. The Hall–Kier alpha value is -1.18. The van der Waals surface area contributed by atoms with Gasteiger partial charge in [-0.3, -0.25) is 0 Å². The van der Waals surface area contributed by atoms with Crippen LogP contribution in [-0.4, -0.2) is 12.1 Å². The van der Waals surface area contributed by atoms with Crippen LogP contribution >= 0.6 is 0 Å². The van der Waals surface area contributed by atoms with Gasteiger partial charge < -0.3 is 10.1 Å². The number of benzene rings is 1. The number of hydrogen-bond donors (Lipinski definition) is 1. The Balaban J connectivity index is 1.83. The summed E-state index contributed by atoms with van der Waals surface area (Å²) in [6.07, 6.45) is 5.46. The van der Waals surface area contributed by atoms with Crippen molar-refractivity contribution in [1.82, 2.24) is 0 Å². The fraction of sp³-hybridized carbons (Fsp3) is 0.600. The summed E-state index contributed by atoms with van der Waals surface area (Å²) in [6.45, 7) is 4.43. The fourth-order valence-electron chi connectivity index (χ4n) is 3.12. The second-order valence-corrected chi connectivity index (χ2v) is 5.49. The lowest BCUT2D eigenvalue weighted by Gasteiger charge is -2.41. The van der Waals surface area contributed by atoms with Gasteiger partial charge in [0.15, 0.2) is 0 Å². The maximum absolute atomic E-state index is 6.12. The van der Waals surface area contributed by atoms with Gasteiger partial charge in [-0.05, 0) is 49.8 Å². The predicted octanol–water partition coefficient (Wildman–Crippen LogP) is 3.75. The van der Waals surface area contributed by atoms with E-state index in [9.17, 15) is 0 Å². The van der Waals surface area contributed by atoms with Crippen LogP contribution in [0.1, 0.15) is 38.2 Å². The Kier molecular flexibility index (Phi) is 2.73. The van der Waals surface area contributed by atoms with Crippen molar-refractivity contribution in [1.29, 1.82) is 0 Å². The minimum absolute atomic E-state index is 0.382. The zero-order chi connectivity index (χ0) is 11.8. The van der Waals surface area contributed by atoms with E-state index in [-0.39, 0.29) is 0 Å². The standard InChI is InChI=1S/C15H21NO/c1-3-11-5-7-15-13(9-11)16-12-8-10(2)4-6-14(12)17-15/h4,6,8,11,13,15-16H,3,5,7,9H2,1-2H3. The van der Waals surface area contributed by atoms with E-state index in [2.05, 4.69) is 37.4 Å². The number of nitrogens with one attached hydrogen (secondary N) is 1. The molecule has 0 spiro atoms. The van der Waals surface area contributed by atoms with Gasteiger partial charge in [-0.25, -0.2) is 0 Å². The molecule has 3 unspecified atom stereocenters. The summed E-state index contributed by atoms with van der Waals surface area (Å²) < 4.78 is 6.12. The van der Waals surface area contributed by atoms with Crippen LogP contribution in [0.5, 0.6) is 5.75 Å². The van der Waals surface area contributed by atoms with Crippen molar-refractivity contribution in [3.8, 4) is 5.75 Å². The first kappa shape index (κ1) is 10.9. The third-order valence-corrected chi connectivity index (χ3v) is 4.23. The van der Waals surface area contributed by atoms with Gasteiger partial charge in [-0.2, -0.15) is 0 Å². The molecule has 0 radical (unpaired) electrons. The lowest BCUT2D eigenvalue weighted by Crippen LogP contribution is -2.45. The van der Waals surface area contributed by atoms with Gasteiger partial charge in [0.05, 0.1) is 11.7 Å². The lowest BCUT2D eigenvalue weighted by atomic mass is 9.81. The van der Waals surface area contributed by atoms with Gasteiger partial charge in [-0.15, -0.1) is 0 Å². The van der Waals surface area contributed by atoms with Crippen molar-refractivity contribution < 1.29 is 4.74 Å². The van der Waals surface area contributed by atoms with Crippen molar-refractivity contribution in [2.75, 3.05) is 5.32 Å². The molecule has 0 bridgehead atoms. The van der Waals surface area contributed by atoms with Crippen molar-refractivity contribution in [3.05, 3.63) is 23.8 Å². The molecule has 0 saturated heterocycles. The maximum Gasteiger partial charge on any atom is 0.142 e. The predicted molar refractivity (Wildman–Crippen MR) is 70.6 cm³/mol. The molecule has 1 aromatic carbocycles. The average Bonchev–Trinajstić information content (AvgIpc) is 2.35. The smallest absolute Gasteiger partial charge is 0.142 e. The molecule has 3 rings (SSSR count). The van der Waals surface area contributed by atoms with E-state index in [1.807, 2.05) is 0 Å². The molecule has 2 aliphatic rings. The van der Waals surface area contributed by atoms with E-state index >= 15 is 0 Å². The van der Waals surface area contributed by atoms with Crippen molar-refractivity contribution in [2.24, 2.45) is 5.92 Å². The molecule has 17 heavy (non-hydrogen) atoms. The third kappa shape index (κ3) is 2.01. The van der Waals surface area contributed by atoms with E-state index in [1.165, 1.54) is 36.9 Å². The minimum Gasteiger partial charge on any atom is -0.486 e. The topological polar surface area (TPSA) is 21.3 Å². The minimum atomic E-state index is 0.382. The first-order chi connectivity index (χ1) is 8.26.